The standard InChI is InChI=1S/C12H18SSeSi/c1-15(2,3)10-12(14)13-9-11-7-5-4-6-8-11/h4-8H,9-10H2,1-3H3. The van der Waals surface area contributed by atoms with Gasteiger partial charge in [-0.05, 0) is 0 Å². The van der Waals surface area contributed by atoms with Crippen LogP contribution in [0.5, 0.6) is 0 Å². The first-order valence-corrected chi connectivity index (χ1v) is 10.7. The molecule has 0 N–H and O–H groups in total. The Hall–Kier alpha value is 0.176. The second-order valence-electron chi connectivity index (χ2n) is 4.88. The molecular formula is C12H18SSeSi. The molecule has 0 saturated heterocycles. The van der Waals surface area contributed by atoms with Crippen molar-refractivity contribution in [2.24, 2.45) is 0 Å². The Morgan fingerprint density at radius 3 is 2.33 bits per heavy atom. The third kappa shape index (κ3) is 6.36. The quantitative estimate of drug-likeness (QED) is 0.749. The number of hydrogen-bond acceptors (Lipinski definition) is 1. The second kappa shape index (κ2) is 6.05. The van der Waals surface area contributed by atoms with E-state index >= 15 is 0 Å². The van der Waals surface area contributed by atoms with Crippen molar-refractivity contribution in [2.75, 3.05) is 0 Å². The van der Waals surface area contributed by atoms with Gasteiger partial charge in [-0.25, -0.2) is 0 Å². The fraction of sp³-hybridized carbons (Fsp3) is 0.417. The molecule has 0 radical (unpaired) electrons. The van der Waals surface area contributed by atoms with E-state index in [1.165, 1.54) is 15.4 Å². The van der Waals surface area contributed by atoms with Crippen molar-refractivity contribution in [1.82, 2.24) is 0 Å². The maximum absolute atomic E-state index is 3.22. The van der Waals surface area contributed by atoms with Crippen LogP contribution in [0.4, 0.5) is 0 Å². The molecule has 1 aromatic rings. The van der Waals surface area contributed by atoms with Gasteiger partial charge in [-0.3, -0.25) is 0 Å². The third-order valence-electron chi connectivity index (χ3n) is 1.92. The molecule has 0 amide bonds. The topological polar surface area (TPSA) is 0 Å². The summed E-state index contributed by atoms with van der Waals surface area (Å²) in [5.74, 6) is 1.09. The van der Waals surface area contributed by atoms with Crippen LogP contribution in [-0.4, -0.2) is 27.4 Å². The predicted octanol–water partition coefficient (Wildman–Crippen LogP) is 3.56. The van der Waals surface area contributed by atoms with Crippen LogP contribution in [0, 0.1) is 0 Å². The molecule has 0 aliphatic carbocycles. The van der Waals surface area contributed by atoms with Crippen LogP contribution in [0.2, 0.25) is 25.7 Å². The van der Waals surface area contributed by atoms with Crippen LogP contribution >= 0.6 is 11.8 Å². The molecule has 3 heteroatoms. The number of benzene rings is 1. The van der Waals surface area contributed by atoms with Crippen LogP contribution in [0.1, 0.15) is 5.56 Å². The Kier molecular flexibility index (Phi) is 5.34. The van der Waals surface area contributed by atoms with E-state index in [0.717, 1.165) is 5.75 Å². The van der Waals surface area contributed by atoms with E-state index in [1.807, 2.05) is 11.8 Å². The Labute approximate surface area is 106 Å². The van der Waals surface area contributed by atoms with Crippen molar-refractivity contribution in [3.8, 4) is 0 Å². The fourth-order valence-corrected chi connectivity index (χ4v) is 7.41. The molecule has 0 fully saturated rings. The third-order valence-corrected chi connectivity index (χ3v) is 6.15. The van der Waals surface area contributed by atoms with Crippen molar-refractivity contribution >= 4 is 39.2 Å². The first-order valence-electron chi connectivity index (χ1n) is 5.17. The van der Waals surface area contributed by atoms with E-state index in [2.05, 4.69) is 65.5 Å². The summed E-state index contributed by atoms with van der Waals surface area (Å²) >= 11 is 5.17. The van der Waals surface area contributed by atoms with E-state index in [1.54, 1.807) is 0 Å². The van der Waals surface area contributed by atoms with Gasteiger partial charge in [0.1, 0.15) is 0 Å². The molecule has 0 saturated carbocycles. The van der Waals surface area contributed by atoms with Gasteiger partial charge in [0.25, 0.3) is 0 Å². The van der Waals surface area contributed by atoms with Crippen LogP contribution < -0.4 is 0 Å². The van der Waals surface area contributed by atoms with Gasteiger partial charge in [0, 0.05) is 0 Å². The maximum atomic E-state index is 3.22. The average Bonchev–Trinajstić information content (AvgIpc) is 2.14. The summed E-state index contributed by atoms with van der Waals surface area (Å²) in [7, 11) is -0.948. The Balaban J connectivity index is 2.35. The summed E-state index contributed by atoms with van der Waals surface area (Å²) < 4.78 is 1.47. The first kappa shape index (κ1) is 13.2. The molecule has 1 rings (SSSR count). The van der Waals surface area contributed by atoms with Gasteiger partial charge in [-0.1, -0.05) is 0 Å². The van der Waals surface area contributed by atoms with Crippen LogP contribution in [0.3, 0.4) is 0 Å². The summed E-state index contributed by atoms with van der Waals surface area (Å²) in [6, 6.07) is 11.9. The van der Waals surface area contributed by atoms with Crippen molar-refractivity contribution in [3.05, 3.63) is 35.9 Å². The molecule has 0 spiro atoms. The molecule has 0 unspecified atom stereocenters. The summed E-state index contributed by atoms with van der Waals surface area (Å²) in [5.41, 5.74) is 1.41. The predicted molar refractivity (Wildman–Crippen MR) is 76.7 cm³/mol. The summed E-state index contributed by atoms with van der Waals surface area (Å²) in [6.45, 7) is 7.23. The fourth-order valence-electron chi connectivity index (χ4n) is 1.22. The van der Waals surface area contributed by atoms with E-state index in [0.29, 0.717) is 0 Å². The molecule has 0 aromatic heterocycles. The normalized spacial score (nSPS) is 11.4. The molecule has 15 heavy (non-hydrogen) atoms. The molecule has 82 valence electrons. The van der Waals surface area contributed by atoms with Gasteiger partial charge in [-0.15, -0.1) is 0 Å². The van der Waals surface area contributed by atoms with E-state index in [4.69, 9.17) is 0 Å². The van der Waals surface area contributed by atoms with Crippen LogP contribution in [0.15, 0.2) is 30.3 Å². The van der Waals surface area contributed by atoms with E-state index in [-0.39, 0.29) is 0 Å². The molecule has 0 heterocycles. The van der Waals surface area contributed by atoms with E-state index < -0.39 is 8.07 Å². The molecule has 0 aliphatic heterocycles. The zero-order chi connectivity index (χ0) is 11.3. The Morgan fingerprint density at radius 2 is 1.80 bits per heavy atom. The summed E-state index contributed by atoms with van der Waals surface area (Å²) in [5, 5.41) is 0. The zero-order valence-corrected chi connectivity index (χ0v) is 13.1. The first-order chi connectivity index (χ1) is 6.97. The van der Waals surface area contributed by atoms with E-state index in [9.17, 15) is 0 Å². The number of thioether (sulfide) groups is 1. The SMILES string of the molecule is C[Si](C)(C)CC(=[Se])SCc1ccccc1. The zero-order valence-electron chi connectivity index (χ0n) is 9.62. The monoisotopic (exact) mass is 302 g/mol. The minimum absolute atomic E-state index is 0.948. The van der Waals surface area contributed by atoms with Gasteiger partial charge in [0.05, 0.1) is 0 Å². The van der Waals surface area contributed by atoms with Crippen molar-refractivity contribution in [2.45, 2.75) is 31.4 Å². The van der Waals surface area contributed by atoms with Crippen molar-refractivity contribution in [3.63, 3.8) is 0 Å². The summed E-state index contributed by atoms with van der Waals surface area (Å²) in [4.78, 5) is 0. The van der Waals surface area contributed by atoms with Gasteiger partial charge in [-0.2, -0.15) is 0 Å². The molecule has 0 aliphatic rings. The summed E-state index contributed by atoms with van der Waals surface area (Å²) in [6.07, 6.45) is 0. The Bertz CT molecular complexity index is 316. The van der Waals surface area contributed by atoms with Gasteiger partial charge >= 0.3 is 106 Å². The molecule has 0 atom stereocenters. The van der Waals surface area contributed by atoms with Crippen molar-refractivity contribution < 1.29 is 0 Å². The molecule has 0 bridgehead atoms. The van der Waals surface area contributed by atoms with Crippen LogP contribution in [0.25, 0.3) is 0 Å². The molecule has 1 aromatic carbocycles. The molecular weight excluding hydrogens is 283 g/mol. The van der Waals surface area contributed by atoms with Crippen molar-refractivity contribution in [1.29, 1.82) is 0 Å². The van der Waals surface area contributed by atoms with Gasteiger partial charge in [0.2, 0.25) is 0 Å². The van der Waals surface area contributed by atoms with Gasteiger partial charge < -0.3 is 0 Å². The number of hydrogen-bond donors (Lipinski definition) is 0. The number of rotatable bonds is 5. The average molecular weight is 301 g/mol. The van der Waals surface area contributed by atoms with Gasteiger partial charge in [0.15, 0.2) is 0 Å². The second-order valence-corrected chi connectivity index (χ2v) is 13.0. The Morgan fingerprint density at radius 1 is 1.20 bits per heavy atom. The van der Waals surface area contributed by atoms with Crippen LogP contribution in [-0.2, 0) is 5.75 Å². The minimum atomic E-state index is -0.948. The molecule has 0 nitrogen and oxygen atoms in total.